The highest BCUT2D eigenvalue weighted by Gasteiger charge is 2.15. The largest absolute Gasteiger partial charge is 0.419 e. The molecule has 0 saturated carbocycles. The Balaban J connectivity index is 2.26. The number of nitrogens with zero attached hydrogens (tertiary/aromatic N) is 4. The highest BCUT2D eigenvalue weighted by atomic mass is 16.4. The molecular weight excluding hydrogens is 206 g/mol. The molecule has 2 aromatic heterocycles. The van der Waals surface area contributed by atoms with Crippen LogP contribution in [-0.2, 0) is 0 Å². The van der Waals surface area contributed by atoms with Crippen LogP contribution in [0.1, 0.15) is 25.3 Å². The maximum absolute atomic E-state index is 5.55. The first-order valence-electron chi connectivity index (χ1n) is 5.11. The second-order valence-electron chi connectivity index (χ2n) is 3.32. The summed E-state index contributed by atoms with van der Waals surface area (Å²) in [5, 5.41) is 11.1. The van der Waals surface area contributed by atoms with E-state index in [0.717, 1.165) is 12.0 Å². The summed E-state index contributed by atoms with van der Waals surface area (Å²) in [5.74, 6) is 1.04. The first-order valence-corrected chi connectivity index (χ1v) is 5.11. The van der Waals surface area contributed by atoms with Crippen LogP contribution in [-0.4, -0.2) is 27.2 Å². The number of hydrogen-bond donors (Lipinski definition) is 1. The quantitative estimate of drug-likeness (QED) is 0.832. The average Bonchev–Trinajstić information content (AvgIpc) is 2.81. The van der Waals surface area contributed by atoms with Gasteiger partial charge in [0.15, 0.2) is 0 Å². The van der Waals surface area contributed by atoms with Gasteiger partial charge in [-0.05, 0) is 13.5 Å². The summed E-state index contributed by atoms with van der Waals surface area (Å²) in [5.41, 5.74) is 0.729. The van der Waals surface area contributed by atoms with Crippen LogP contribution in [0.15, 0.2) is 23.1 Å². The van der Waals surface area contributed by atoms with Crippen molar-refractivity contribution in [1.29, 1.82) is 0 Å². The average molecular weight is 219 g/mol. The van der Waals surface area contributed by atoms with Crippen LogP contribution in [0.2, 0.25) is 0 Å². The molecule has 1 atom stereocenters. The molecule has 6 heteroatoms. The lowest BCUT2D eigenvalue weighted by Crippen LogP contribution is -2.15. The number of nitrogens with one attached hydrogen (secondary N) is 1. The summed E-state index contributed by atoms with van der Waals surface area (Å²) in [4.78, 5) is 7.80. The Morgan fingerprint density at radius 1 is 1.31 bits per heavy atom. The van der Waals surface area contributed by atoms with Gasteiger partial charge in [-0.3, -0.25) is 0 Å². The van der Waals surface area contributed by atoms with Crippen molar-refractivity contribution >= 4 is 0 Å². The maximum atomic E-state index is 5.55. The monoisotopic (exact) mass is 219 g/mol. The van der Waals surface area contributed by atoms with Gasteiger partial charge in [0.2, 0.25) is 5.89 Å². The van der Waals surface area contributed by atoms with Gasteiger partial charge in [-0.15, -0.1) is 10.2 Å². The second-order valence-corrected chi connectivity index (χ2v) is 3.32. The van der Waals surface area contributed by atoms with Crippen LogP contribution >= 0.6 is 0 Å². The van der Waals surface area contributed by atoms with Gasteiger partial charge in [0.05, 0.1) is 11.6 Å². The Morgan fingerprint density at radius 3 is 2.69 bits per heavy atom. The third-order valence-corrected chi connectivity index (χ3v) is 2.30. The highest BCUT2D eigenvalue weighted by Crippen LogP contribution is 2.20. The van der Waals surface area contributed by atoms with Crippen molar-refractivity contribution in [2.75, 3.05) is 7.05 Å². The fraction of sp³-hybridized carbons (Fsp3) is 0.400. The van der Waals surface area contributed by atoms with E-state index >= 15 is 0 Å². The van der Waals surface area contributed by atoms with E-state index in [4.69, 9.17) is 4.42 Å². The van der Waals surface area contributed by atoms with E-state index < -0.39 is 0 Å². The molecule has 0 saturated heterocycles. The minimum atomic E-state index is 0.0888. The third kappa shape index (κ3) is 2.06. The highest BCUT2D eigenvalue weighted by molar-refractivity contribution is 5.48. The molecule has 2 heterocycles. The summed E-state index contributed by atoms with van der Waals surface area (Å²) in [6.45, 7) is 2.05. The van der Waals surface area contributed by atoms with E-state index in [1.54, 1.807) is 12.4 Å². The fourth-order valence-electron chi connectivity index (χ4n) is 1.40. The van der Waals surface area contributed by atoms with E-state index in [1.165, 1.54) is 6.33 Å². The zero-order chi connectivity index (χ0) is 11.4. The Bertz CT molecular complexity index is 437. The smallest absolute Gasteiger partial charge is 0.250 e. The van der Waals surface area contributed by atoms with Gasteiger partial charge in [-0.1, -0.05) is 6.92 Å². The molecule has 0 aliphatic heterocycles. The summed E-state index contributed by atoms with van der Waals surface area (Å²) in [6, 6.07) is 0.0888. The third-order valence-electron chi connectivity index (χ3n) is 2.30. The van der Waals surface area contributed by atoms with Crippen LogP contribution in [0, 0.1) is 0 Å². The summed E-state index contributed by atoms with van der Waals surface area (Å²) in [7, 11) is 1.86. The molecule has 1 unspecified atom stereocenters. The molecule has 0 amide bonds. The number of rotatable bonds is 4. The van der Waals surface area contributed by atoms with Crippen molar-refractivity contribution in [2.45, 2.75) is 19.4 Å². The van der Waals surface area contributed by atoms with Gasteiger partial charge in [-0.2, -0.15) is 0 Å². The van der Waals surface area contributed by atoms with Gasteiger partial charge in [0.1, 0.15) is 6.33 Å². The SMILES string of the molecule is CCC(NC)c1nnc(-c2cncnc2)o1. The maximum Gasteiger partial charge on any atom is 0.250 e. The van der Waals surface area contributed by atoms with Gasteiger partial charge in [0.25, 0.3) is 5.89 Å². The molecule has 84 valence electrons. The second kappa shape index (κ2) is 4.80. The molecular formula is C10H13N5O. The van der Waals surface area contributed by atoms with Crippen molar-refractivity contribution in [3.8, 4) is 11.5 Å². The summed E-state index contributed by atoms with van der Waals surface area (Å²) < 4.78 is 5.55. The molecule has 0 aliphatic rings. The number of hydrogen-bond acceptors (Lipinski definition) is 6. The van der Waals surface area contributed by atoms with Gasteiger partial charge >= 0.3 is 0 Å². The predicted octanol–water partition coefficient (Wildman–Crippen LogP) is 1.20. The minimum absolute atomic E-state index is 0.0888. The molecule has 6 nitrogen and oxygen atoms in total. The van der Waals surface area contributed by atoms with Crippen molar-refractivity contribution in [3.63, 3.8) is 0 Å². The van der Waals surface area contributed by atoms with Crippen LogP contribution in [0.4, 0.5) is 0 Å². The molecule has 0 spiro atoms. The molecule has 1 N–H and O–H groups in total. The van der Waals surface area contributed by atoms with E-state index in [1.807, 2.05) is 7.05 Å². The zero-order valence-corrected chi connectivity index (χ0v) is 9.21. The first-order chi connectivity index (χ1) is 7.85. The van der Waals surface area contributed by atoms with E-state index in [-0.39, 0.29) is 6.04 Å². The molecule has 2 rings (SSSR count). The molecule has 2 aromatic rings. The summed E-state index contributed by atoms with van der Waals surface area (Å²) >= 11 is 0. The van der Waals surface area contributed by atoms with Crippen molar-refractivity contribution in [1.82, 2.24) is 25.5 Å². The molecule has 0 radical (unpaired) electrons. The lowest BCUT2D eigenvalue weighted by Gasteiger charge is -2.06. The minimum Gasteiger partial charge on any atom is -0.419 e. The van der Waals surface area contributed by atoms with Gasteiger partial charge < -0.3 is 9.73 Å². The van der Waals surface area contributed by atoms with Gasteiger partial charge in [0, 0.05) is 12.4 Å². The lowest BCUT2D eigenvalue weighted by atomic mass is 10.2. The van der Waals surface area contributed by atoms with Crippen molar-refractivity contribution < 1.29 is 4.42 Å². The van der Waals surface area contributed by atoms with E-state index in [9.17, 15) is 0 Å². The molecule has 16 heavy (non-hydrogen) atoms. The first kappa shape index (κ1) is 10.7. The molecule has 0 aliphatic carbocycles. The van der Waals surface area contributed by atoms with Crippen LogP contribution < -0.4 is 5.32 Å². The van der Waals surface area contributed by atoms with E-state index in [2.05, 4.69) is 32.4 Å². The Morgan fingerprint density at radius 2 is 2.06 bits per heavy atom. The Kier molecular flexibility index (Phi) is 3.21. The molecule has 0 aromatic carbocycles. The fourth-order valence-corrected chi connectivity index (χ4v) is 1.40. The van der Waals surface area contributed by atoms with Crippen LogP contribution in [0.25, 0.3) is 11.5 Å². The predicted molar refractivity (Wildman–Crippen MR) is 57.4 cm³/mol. The normalized spacial score (nSPS) is 12.6. The van der Waals surface area contributed by atoms with Gasteiger partial charge in [-0.25, -0.2) is 9.97 Å². The topological polar surface area (TPSA) is 76.7 Å². The van der Waals surface area contributed by atoms with E-state index in [0.29, 0.717) is 11.8 Å². The van der Waals surface area contributed by atoms with Crippen LogP contribution in [0.3, 0.4) is 0 Å². The zero-order valence-electron chi connectivity index (χ0n) is 9.21. The molecule has 0 fully saturated rings. The Hall–Kier alpha value is -1.82. The Labute approximate surface area is 93.1 Å². The number of aromatic nitrogens is 4. The standard InChI is InChI=1S/C10H13N5O/c1-3-8(11-2)10-15-14-9(16-10)7-4-12-6-13-5-7/h4-6,8,11H,3H2,1-2H3. The lowest BCUT2D eigenvalue weighted by molar-refractivity contribution is 0.415. The molecule has 0 bridgehead atoms. The van der Waals surface area contributed by atoms with Crippen LogP contribution in [0.5, 0.6) is 0 Å². The van der Waals surface area contributed by atoms with Crippen molar-refractivity contribution in [3.05, 3.63) is 24.6 Å². The summed E-state index contributed by atoms with van der Waals surface area (Å²) in [6.07, 6.45) is 5.64. The van der Waals surface area contributed by atoms with Crippen molar-refractivity contribution in [2.24, 2.45) is 0 Å².